The summed E-state index contributed by atoms with van der Waals surface area (Å²) in [6.07, 6.45) is 2.28. The highest BCUT2D eigenvalue weighted by molar-refractivity contribution is 5.45. The van der Waals surface area contributed by atoms with Crippen LogP contribution in [0.5, 0.6) is 0 Å². The smallest absolute Gasteiger partial charge is 0.0342 e. The summed E-state index contributed by atoms with van der Waals surface area (Å²) in [6, 6.07) is 19.7. The summed E-state index contributed by atoms with van der Waals surface area (Å²) in [5.41, 5.74) is 3.92. The molecule has 0 fully saturated rings. The fraction of sp³-hybridized carbons (Fsp3) is 0.294. The molecule has 1 N–H and O–H groups in total. The van der Waals surface area contributed by atoms with Crippen molar-refractivity contribution in [3.05, 3.63) is 65.7 Å². The molecule has 0 bridgehead atoms. The van der Waals surface area contributed by atoms with Gasteiger partial charge in [0.05, 0.1) is 0 Å². The van der Waals surface area contributed by atoms with Crippen LogP contribution in [-0.4, -0.2) is 6.04 Å². The Balaban J connectivity index is 1.82. The fourth-order valence-corrected chi connectivity index (χ4v) is 2.03. The number of nitrogens with one attached hydrogen (secondary N) is 1. The minimum absolute atomic E-state index is 0.493. The van der Waals surface area contributed by atoms with Crippen molar-refractivity contribution >= 4 is 5.69 Å². The molecule has 0 heterocycles. The van der Waals surface area contributed by atoms with E-state index >= 15 is 0 Å². The molecule has 0 aliphatic carbocycles. The standard InChI is InChI=1S/C17H21N/c1-14-8-12-17(13-9-14)18-15(2)10-11-16-6-4-3-5-7-16/h3-9,12-13,15,18H,10-11H2,1-2H3. The zero-order valence-corrected chi connectivity index (χ0v) is 11.2. The van der Waals surface area contributed by atoms with Crippen molar-refractivity contribution in [1.82, 2.24) is 0 Å². The second-order valence-corrected chi connectivity index (χ2v) is 4.94. The van der Waals surface area contributed by atoms with Gasteiger partial charge in [-0.2, -0.15) is 0 Å². The maximum Gasteiger partial charge on any atom is 0.0342 e. The van der Waals surface area contributed by atoms with Gasteiger partial charge < -0.3 is 5.32 Å². The third-order valence-electron chi connectivity index (χ3n) is 3.17. The van der Waals surface area contributed by atoms with Gasteiger partial charge in [0.15, 0.2) is 0 Å². The molecular weight excluding hydrogens is 218 g/mol. The first-order valence-corrected chi connectivity index (χ1v) is 6.61. The second-order valence-electron chi connectivity index (χ2n) is 4.94. The Kier molecular flexibility index (Phi) is 4.40. The molecule has 0 amide bonds. The summed E-state index contributed by atoms with van der Waals surface area (Å²) < 4.78 is 0. The highest BCUT2D eigenvalue weighted by atomic mass is 14.9. The second kappa shape index (κ2) is 6.25. The summed E-state index contributed by atoms with van der Waals surface area (Å²) in [5.74, 6) is 0. The average molecular weight is 239 g/mol. The van der Waals surface area contributed by atoms with Crippen LogP contribution in [0.2, 0.25) is 0 Å². The number of hydrogen-bond acceptors (Lipinski definition) is 1. The van der Waals surface area contributed by atoms with E-state index in [0.29, 0.717) is 6.04 Å². The maximum absolute atomic E-state index is 3.54. The molecule has 0 aliphatic heterocycles. The van der Waals surface area contributed by atoms with Gasteiger partial charge in [-0.1, -0.05) is 48.0 Å². The largest absolute Gasteiger partial charge is 0.383 e. The predicted molar refractivity (Wildman–Crippen MR) is 79.0 cm³/mol. The highest BCUT2D eigenvalue weighted by Gasteiger charge is 2.02. The van der Waals surface area contributed by atoms with Crippen LogP contribution in [0.3, 0.4) is 0 Å². The van der Waals surface area contributed by atoms with Crippen molar-refractivity contribution in [2.75, 3.05) is 5.32 Å². The molecule has 1 atom stereocenters. The molecule has 0 spiro atoms. The molecule has 0 aliphatic rings. The van der Waals surface area contributed by atoms with Crippen molar-refractivity contribution in [2.45, 2.75) is 32.7 Å². The maximum atomic E-state index is 3.54. The van der Waals surface area contributed by atoms with E-state index < -0.39 is 0 Å². The lowest BCUT2D eigenvalue weighted by Gasteiger charge is -2.15. The van der Waals surface area contributed by atoms with Gasteiger partial charge in [-0.25, -0.2) is 0 Å². The third kappa shape index (κ3) is 3.92. The van der Waals surface area contributed by atoms with Crippen LogP contribution in [0.25, 0.3) is 0 Å². The lowest BCUT2D eigenvalue weighted by molar-refractivity contribution is 0.706. The Labute approximate surface area is 110 Å². The number of hydrogen-bond donors (Lipinski definition) is 1. The van der Waals surface area contributed by atoms with Gasteiger partial charge in [-0.3, -0.25) is 0 Å². The molecule has 0 saturated heterocycles. The van der Waals surface area contributed by atoms with E-state index in [9.17, 15) is 0 Å². The first-order valence-electron chi connectivity index (χ1n) is 6.61. The Morgan fingerprint density at radius 3 is 2.28 bits per heavy atom. The van der Waals surface area contributed by atoms with Crippen molar-refractivity contribution in [1.29, 1.82) is 0 Å². The number of benzene rings is 2. The summed E-state index contributed by atoms with van der Waals surface area (Å²) >= 11 is 0. The molecule has 2 aromatic rings. The van der Waals surface area contributed by atoms with Crippen LogP contribution in [0.15, 0.2) is 54.6 Å². The van der Waals surface area contributed by atoms with E-state index in [2.05, 4.69) is 73.8 Å². The number of rotatable bonds is 5. The molecule has 2 rings (SSSR count). The first kappa shape index (κ1) is 12.7. The van der Waals surface area contributed by atoms with Gasteiger partial charge in [0, 0.05) is 11.7 Å². The van der Waals surface area contributed by atoms with Gasteiger partial charge in [0.25, 0.3) is 0 Å². The van der Waals surface area contributed by atoms with E-state index in [-0.39, 0.29) is 0 Å². The molecule has 1 nitrogen and oxygen atoms in total. The summed E-state index contributed by atoms with van der Waals surface area (Å²) in [7, 11) is 0. The lowest BCUT2D eigenvalue weighted by Crippen LogP contribution is -2.15. The van der Waals surface area contributed by atoms with E-state index in [1.54, 1.807) is 0 Å². The van der Waals surface area contributed by atoms with Crippen molar-refractivity contribution in [3.8, 4) is 0 Å². The fourth-order valence-electron chi connectivity index (χ4n) is 2.03. The first-order chi connectivity index (χ1) is 8.74. The third-order valence-corrected chi connectivity index (χ3v) is 3.17. The molecule has 94 valence electrons. The highest BCUT2D eigenvalue weighted by Crippen LogP contribution is 2.12. The van der Waals surface area contributed by atoms with Crippen LogP contribution < -0.4 is 5.32 Å². The molecule has 2 aromatic carbocycles. The summed E-state index contributed by atoms with van der Waals surface area (Å²) in [4.78, 5) is 0. The van der Waals surface area contributed by atoms with Crippen LogP contribution in [0.4, 0.5) is 5.69 Å². The monoisotopic (exact) mass is 239 g/mol. The van der Waals surface area contributed by atoms with Crippen molar-refractivity contribution < 1.29 is 0 Å². The number of anilines is 1. The molecule has 1 heteroatoms. The van der Waals surface area contributed by atoms with Gasteiger partial charge >= 0.3 is 0 Å². The average Bonchev–Trinajstić information content (AvgIpc) is 2.40. The van der Waals surface area contributed by atoms with E-state index in [1.807, 2.05) is 0 Å². The van der Waals surface area contributed by atoms with E-state index in [0.717, 1.165) is 12.8 Å². The summed E-state index contributed by atoms with van der Waals surface area (Å²) in [5, 5.41) is 3.54. The van der Waals surface area contributed by atoms with Gasteiger partial charge in [-0.05, 0) is 44.4 Å². The topological polar surface area (TPSA) is 12.0 Å². The number of aryl methyl sites for hydroxylation is 2. The van der Waals surface area contributed by atoms with Crippen molar-refractivity contribution in [3.63, 3.8) is 0 Å². The zero-order valence-electron chi connectivity index (χ0n) is 11.2. The van der Waals surface area contributed by atoms with Crippen molar-refractivity contribution in [2.24, 2.45) is 0 Å². The SMILES string of the molecule is Cc1ccc(NC(C)CCc2ccccc2)cc1. The van der Waals surface area contributed by atoms with Gasteiger partial charge in [0.1, 0.15) is 0 Å². The molecule has 0 saturated carbocycles. The minimum atomic E-state index is 0.493. The minimum Gasteiger partial charge on any atom is -0.383 e. The Morgan fingerprint density at radius 2 is 1.61 bits per heavy atom. The summed E-state index contributed by atoms with van der Waals surface area (Å²) in [6.45, 7) is 4.35. The Morgan fingerprint density at radius 1 is 0.944 bits per heavy atom. The quantitative estimate of drug-likeness (QED) is 0.814. The lowest BCUT2D eigenvalue weighted by atomic mass is 10.1. The molecule has 0 aromatic heterocycles. The molecule has 0 radical (unpaired) electrons. The molecule has 18 heavy (non-hydrogen) atoms. The van der Waals surface area contributed by atoms with Crippen LogP contribution >= 0.6 is 0 Å². The normalized spacial score (nSPS) is 12.1. The van der Waals surface area contributed by atoms with E-state index in [1.165, 1.54) is 16.8 Å². The van der Waals surface area contributed by atoms with Gasteiger partial charge in [0.2, 0.25) is 0 Å². The zero-order chi connectivity index (χ0) is 12.8. The molecular formula is C17H21N. The predicted octanol–water partition coefficient (Wildman–Crippen LogP) is 4.43. The Hall–Kier alpha value is -1.76. The van der Waals surface area contributed by atoms with Crippen LogP contribution in [0.1, 0.15) is 24.5 Å². The Bertz CT molecular complexity index is 459. The van der Waals surface area contributed by atoms with Gasteiger partial charge in [-0.15, -0.1) is 0 Å². The molecule has 1 unspecified atom stereocenters. The van der Waals surface area contributed by atoms with Crippen LogP contribution in [0, 0.1) is 6.92 Å². The van der Waals surface area contributed by atoms with Crippen LogP contribution in [-0.2, 0) is 6.42 Å². The van der Waals surface area contributed by atoms with E-state index in [4.69, 9.17) is 0 Å².